The molecule has 0 aliphatic rings. The lowest BCUT2D eigenvalue weighted by atomic mass is 10.3. The lowest BCUT2D eigenvalue weighted by Crippen LogP contribution is -2.12. The number of anilines is 3. The first-order valence-electron chi connectivity index (χ1n) is 7.41. The molecule has 9 heteroatoms. The van der Waals surface area contributed by atoms with Gasteiger partial charge in [-0.05, 0) is 48.5 Å². The summed E-state index contributed by atoms with van der Waals surface area (Å²) >= 11 is 1.23. The molecule has 0 fully saturated rings. The molecular formula is C17H14FN3O3S2. The van der Waals surface area contributed by atoms with E-state index in [1.165, 1.54) is 47.7 Å². The number of hydrogen-bond acceptors (Lipinski definition) is 6. The largest absolute Gasteiger partial charge is 0.332 e. The van der Waals surface area contributed by atoms with Gasteiger partial charge in [0.15, 0.2) is 15.0 Å². The summed E-state index contributed by atoms with van der Waals surface area (Å²) in [6, 6.07) is 11.7. The molecule has 0 aliphatic carbocycles. The number of rotatable bonds is 5. The monoisotopic (exact) mass is 391 g/mol. The molecule has 2 aromatic carbocycles. The molecule has 0 radical (unpaired) electrons. The predicted molar refractivity (Wildman–Crippen MR) is 99.3 cm³/mol. The van der Waals surface area contributed by atoms with Crippen LogP contribution in [0.2, 0.25) is 0 Å². The summed E-state index contributed by atoms with van der Waals surface area (Å²) in [6.45, 7) is 0. The van der Waals surface area contributed by atoms with Gasteiger partial charge in [0.2, 0.25) is 0 Å². The molecule has 0 saturated carbocycles. The zero-order valence-electron chi connectivity index (χ0n) is 13.6. The van der Waals surface area contributed by atoms with Crippen LogP contribution in [-0.4, -0.2) is 25.6 Å². The van der Waals surface area contributed by atoms with Crippen molar-refractivity contribution in [3.63, 3.8) is 0 Å². The van der Waals surface area contributed by atoms with Crippen LogP contribution in [0.1, 0.15) is 10.5 Å². The SMILES string of the molecule is CS(=O)(=O)c1ccc(Nc2nc(C(=O)Nc3ccc(F)cc3)cs2)cc1. The van der Waals surface area contributed by atoms with Crippen LogP contribution in [0.4, 0.5) is 20.9 Å². The molecular weight excluding hydrogens is 377 g/mol. The molecule has 0 aliphatic heterocycles. The summed E-state index contributed by atoms with van der Waals surface area (Å²) in [6.07, 6.45) is 1.14. The van der Waals surface area contributed by atoms with Crippen LogP contribution in [0.15, 0.2) is 58.8 Å². The van der Waals surface area contributed by atoms with Gasteiger partial charge < -0.3 is 10.6 Å². The Bertz CT molecular complexity index is 1030. The van der Waals surface area contributed by atoms with Gasteiger partial charge in [-0.2, -0.15) is 0 Å². The van der Waals surface area contributed by atoms with Gasteiger partial charge in [-0.25, -0.2) is 17.8 Å². The average Bonchev–Trinajstić information content (AvgIpc) is 3.05. The number of halogens is 1. The summed E-state index contributed by atoms with van der Waals surface area (Å²) in [5.41, 5.74) is 1.34. The number of aromatic nitrogens is 1. The van der Waals surface area contributed by atoms with Crippen molar-refractivity contribution in [2.24, 2.45) is 0 Å². The third kappa shape index (κ3) is 4.44. The van der Waals surface area contributed by atoms with Crippen molar-refractivity contribution < 1.29 is 17.6 Å². The molecule has 0 atom stereocenters. The smallest absolute Gasteiger partial charge is 0.275 e. The van der Waals surface area contributed by atoms with Crippen LogP contribution in [-0.2, 0) is 9.84 Å². The van der Waals surface area contributed by atoms with Crippen molar-refractivity contribution in [3.05, 3.63) is 65.4 Å². The number of carbonyl (C=O) groups is 1. The second-order valence-electron chi connectivity index (χ2n) is 5.42. The van der Waals surface area contributed by atoms with E-state index < -0.39 is 15.7 Å². The molecule has 1 heterocycles. The van der Waals surface area contributed by atoms with Crippen molar-refractivity contribution in [1.82, 2.24) is 4.98 Å². The molecule has 3 rings (SSSR count). The molecule has 0 unspecified atom stereocenters. The Kier molecular flexibility index (Phi) is 5.01. The predicted octanol–water partition coefficient (Wildman–Crippen LogP) is 3.68. The van der Waals surface area contributed by atoms with Gasteiger partial charge in [-0.1, -0.05) is 0 Å². The first-order valence-corrected chi connectivity index (χ1v) is 10.2. The summed E-state index contributed by atoms with van der Waals surface area (Å²) in [4.78, 5) is 16.6. The maximum Gasteiger partial charge on any atom is 0.275 e. The summed E-state index contributed by atoms with van der Waals surface area (Å²) in [5, 5.41) is 7.72. The quantitative estimate of drug-likeness (QED) is 0.693. The van der Waals surface area contributed by atoms with Crippen molar-refractivity contribution in [2.75, 3.05) is 16.9 Å². The van der Waals surface area contributed by atoms with Crippen LogP contribution >= 0.6 is 11.3 Å². The number of thiazole rings is 1. The molecule has 0 saturated heterocycles. The van der Waals surface area contributed by atoms with Crippen LogP contribution in [0.25, 0.3) is 0 Å². The maximum atomic E-state index is 12.9. The molecule has 0 bridgehead atoms. The molecule has 1 amide bonds. The van der Waals surface area contributed by atoms with Crippen LogP contribution in [0, 0.1) is 5.82 Å². The van der Waals surface area contributed by atoms with Crippen molar-refractivity contribution in [1.29, 1.82) is 0 Å². The number of amides is 1. The van der Waals surface area contributed by atoms with E-state index in [1.54, 1.807) is 17.5 Å². The standard InChI is InChI=1S/C17H14FN3O3S2/c1-26(23,24)14-8-6-13(7-9-14)20-17-21-15(10-25-17)16(22)19-12-4-2-11(18)3-5-12/h2-10H,1H3,(H,19,22)(H,20,21). The maximum absolute atomic E-state index is 12.9. The highest BCUT2D eigenvalue weighted by Crippen LogP contribution is 2.23. The minimum Gasteiger partial charge on any atom is -0.332 e. The topological polar surface area (TPSA) is 88.2 Å². The average molecular weight is 391 g/mol. The first kappa shape index (κ1) is 18.0. The summed E-state index contributed by atoms with van der Waals surface area (Å²) in [5.74, 6) is -0.793. The molecule has 0 spiro atoms. The number of hydrogen-bond donors (Lipinski definition) is 2. The minimum atomic E-state index is -3.25. The van der Waals surface area contributed by atoms with Gasteiger partial charge in [0, 0.05) is 23.0 Å². The Morgan fingerprint density at radius 3 is 2.27 bits per heavy atom. The van der Waals surface area contributed by atoms with Crippen LogP contribution < -0.4 is 10.6 Å². The summed E-state index contributed by atoms with van der Waals surface area (Å²) in [7, 11) is -3.25. The van der Waals surface area contributed by atoms with Gasteiger partial charge >= 0.3 is 0 Å². The number of sulfone groups is 1. The van der Waals surface area contributed by atoms with Gasteiger partial charge in [-0.15, -0.1) is 11.3 Å². The highest BCUT2D eigenvalue weighted by Gasteiger charge is 2.12. The lowest BCUT2D eigenvalue weighted by molar-refractivity contribution is 0.102. The second-order valence-corrected chi connectivity index (χ2v) is 8.29. The van der Waals surface area contributed by atoms with E-state index >= 15 is 0 Å². The number of nitrogens with zero attached hydrogens (tertiary/aromatic N) is 1. The van der Waals surface area contributed by atoms with Gasteiger partial charge in [0.05, 0.1) is 4.90 Å². The fourth-order valence-electron chi connectivity index (χ4n) is 2.07. The molecule has 3 aromatic rings. The van der Waals surface area contributed by atoms with E-state index in [-0.39, 0.29) is 16.4 Å². The van der Waals surface area contributed by atoms with Crippen LogP contribution in [0.3, 0.4) is 0 Å². The molecule has 134 valence electrons. The van der Waals surface area contributed by atoms with Crippen LogP contribution in [0.5, 0.6) is 0 Å². The fraction of sp³-hybridized carbons (Fsp3) is 0.0588. The second kappa shape index (κ2) is 7.22. The molecule has 1 aromatic heterocycles. The van der Waals surface area contributed by atoms with Gasteiger partial charge in [0.25, 0.3) is 5.91 Å². The zero-order valence-corrected chi connectivity index (χ0v) is 15.2. The van der Waals surface area contributed by atoms with E-state index in [0.29, 0.717) is 16.5 Å². The fourth-order valence-corrected chi connectivity index (χ4v) is 3.41. The van der Waals surface area contributed by atoms with E-state index in [2.05, 4.69) is 15.6 Å². The van der Waals surface area contributed by atoms with Crippen molar-refractivity contribution in [3.8, 4) is 0 Å². The first-order chi connectivity index (χ1) is 12.3. The zero-order chi connectivity index (χ0) is 18.7. The Balaban J connectivity index is 1.67. The summed E-state index contributed by atoms with van der Waals surface area (Å²) < 4.78 is 35.8. The molecule has 6 nitrogen and oxygen atoms in total. The highest BCUT2D eigenvalue weighted by atomic mass is 32.2. The number of nitrogens with one attached hydrogen (secondary N) is 2. The van der Waals surface area contributed by atoms with Gasteiger partial charge in [-0.3, -0.25) is 4.79 Å². The molecule has 2 N–H and O–H groups in total. The normalized spacial score (nSPS) is 11.2. The lowest BCUT2D eigenvalue weighted by Gasteiger charge is -2.04. The third-order valence-corrected chi connectivity index (χ3v) is 5.26. The Hall–Kier alpha value is -2.78. The molecule has 26 heavy (non-hydrogen) atoms. The van der Waals surface area contributed by atoms with E-state index in [9.17, 15) is 17.6 Å². The number of carbonyl (C=O) groups excluding carboxylic acids is 1. The Morgan fingerprint density at radius 2 is 1.65 bits per heavy atom. The Morgan fingerprint density at radius 1 is 1.04 bits per heavy atom. The van der Waals surface area contributed by atoms with E-state index in [4.69, 9.17) is 0 Å². The van der Waals surface area contributed by atoms with Crippen molar-refractivity contribution >= 4 is 43.6 Å². The van der Waals surface area contributed by atoms with Crippen molar-refractivity contribution in [2.45, 2.75) is 4.90 Å². The van der Waals surface area contributed by atoms with Gasteiger partial charge in [0.1, 0.15) is 11.5 Å². The van der Waals surface area contributed by atoms with E-state index in [1.807, 2.05) is 0 Å². The van der Waals surface area contributed by atoms with E-state index in [0.717, 1.165) is 6.26 Å². The number of benzene rings is 2. The minimum absolute atomic E-state index is 0.217. The Labute approximate surface area is 153 Å². The third-order valence-electron chi connectivity index (χ3n) is 3.37. The highest BCUT2D eigenvalue weighted by molar-refractivity contribution is 7.90.